The van der Waals surface area contributed by atoms with Crippen LogP contribution in [-0.2, 0) is 24.6 Å². The summed E-state index contributed by atoms with van der Waals surface area (Å²) >= 11 is 12.9. The predicted molar refractivity (Wildman–Crippen MR) is 158 cm³/mol. The van der Waals surface area contributed by atoms with Gasteiger partial charge in [-0.1, -0.05) is 53.6 Å². The lowest BCUT2D eigenvalue weighted by Crippen LogP contribution is -2.43. The number of rotatable bonds is 6. The number of nitrogens with zero attached hydrogens (tertiary/aromatic N) is 2. The first-order valence-electron chi connectivity index (χ1n) is 13.0. The first-order valence-corrected chi connectivity index (χ1v) is 13.8. The van der Waals surface area contributed by atoms with Crippen molar-refractivity contribution in [2.24, 2.45) is 0 Å². The standard InChI is InChI=1S/C30H34Cl2N2O8/c1-28(2,3)41-26(37)34(27(38)42-29(4,5)6)15-11-10-14-33-22-17-18(24(35)40-7)16-21(32)23(22)30(39,25(33)36)19-12-8-9-13-20(19)31/h8-13,16-17,39H,14-15H2,1-7H3. The van der Waals surface area contributed by atoms with Crippen molar-refractivity contribution in [3.05, 3.63) is 75.3 Å². The van der Waals surface area contributed by atoms with Gasteiger partial charge in [-0.05, 0) is 59.7 Å². The van der Waals surface area contributed by atoms with Crippen LogP contribution in [0.2, 0.25) is 10.0 Å². The smallest absolute Gasteiger partial charge is 0.420 e. The summed E-state index contributed by atoms with van der Waals surface area (Å²) in [5, 5.41) is 12.0. The minimum atomic E-state index is -2.26. The van der Waals surface area contributed by atoms with E-state index >= 15 is 0 Å². The zero-order valence-corrected chi connectivity index (χ0v) is 26.0. The first kappa shape index (κ1) is 32.9. The van der Waals surface area contributed by atoms with Gasteiger partial charge in [-0.2, -0.15) is 0 Å². The number of benzene rings is 2. The Balaban J connectivity index is 1.99. The minimum Gasteiger partial charge on any atom is -0.465 e. The van der Waals surface area contributed by atoms with E-state index in [0.29, 0.717) is 0 Å². The van der Waals surface area contributed by atoms with Crippen LogP contribution in [0.3, 0.4) is 0 Å². The van der Waals surface area contributed by atoms with E-state index in [1.54, 1.807) is 53.7 Å². The van der Waals surface area contributed by atoms with Crippen LogP contribution in [0.4, 0.5) is 15.3 Å². The Morgan fingerprint density at radius 1 is 0.952 bits per heavy atom. The molecule has 3 rings (SSSR count). The van der Waals surface area contributed by atoms with Gasteiger partial charge in [-0.3, -0.25) is 4.79 Å². The maximum atomic E-state index is 13.8. The summed E-state index contributed by atoms with van der Waals surface area (Å²) in [5.41, 5.74) is -3.61. The Morgan fingerprint density at radius 2 is 1.52 bits per heavy atom. The van der Waals surface area contributed by atoms with Gasteiger partial charge >= 0.3 is 18.2 Å². The quantitative estimate of drug-likeness (QED) is 0.234. The first-order chi connectivity index (χ1) is 19.4. The van der Waals surface area contributed by atoms with E-state index in [0.717, 1.165) is 4.90 Å². The van der Waals surface area contributed by atoms with Gasteiger partial charge in [0.2, 0.25) is 0 Å². The molecule has 10 nitrogen and oxygen atoms in total. The molecular formula is C30H34Cl2N2O8. The Bertz CT molecular complexity index is 1400. The highest BCUT2D eigenvalue weighted by Crippen LogP contribution is 2.49. The summed E-state index contributed by atoms with van der Waals surface area (Å²) in [6, 6.07) is 9.00. The van der Waals surface area contributed by atoms with E-state index < -0.39 is 40.9 Å². The van der Waals surface area contributed by atoms with E-state index in [2.05, 4.69) is 0 Å². The zero-order chi connectivity index (χ0) is 31.6. The Labute approximate surface area is 254 Å². The number of fused-ring (bicyclic) bond motifs is 1. The van der Waals surface area contributed by atoms with Gasteiger partial charge in [-0.25, -0.2) is 19.3 Å². The predicted octanol–water partition coefficient (Wildman–Crippen LogP) is 6.09. The van der Waals surface area contributed by atoms with Gasteiger partial charge in [0, 0.05) is 22.7 Å². The molecule has 1 N–H and O–H groups in total. The van der Waals surface area contributed by atoms with Crippen LogP contribution in [0.1, 0.15) is 63.0 Å². The molecule has 1 heterocycles. The van der Waals surface area contributed by atoms with E-state index in [1.165, 1.54) is 48.4 Å². The molecule has 1 unspecified atom stereocenters. The molecule has 0 radical (unpaired) electrons. The molecule has 1 atom stereocenters. The summed E-state index contributed by atoms with van der Waals surface area (Å²) in [7, 11) is 1.20. The average Bonchev–Trinajstić information content (AvgIpc) is 3.08. The summed E-state index contributed by atoms with van der Waals surface area (Å²) in [6.07, 6.45) is 1.16. The van der Waals surface area contributed by atoms with Gasteiger partial charge in [0.25, 0.3) is 5.91 Å². The van der Waals surface area contributed by atoms with Gasteiger partial charge < -0.3 is 24.2 Å². The number of anilines is 1. The molecular weight excluding hydrogens is 587 g/mol. The highest BCUT2D eigenvalue weighted by atomic mass is 35.5. The van der Waals surface area contributed by atoms with Crippen molar-refractivity contribution in [2.45, 2.75) is 58.3 Å². The number of aliphatic hydroxyl groups is 1. The molecule has 1 aliphatic heterocycles. The van der Waals surface area contributed by atoms with Crippen LogP contribution >= 0.6 is 23.2 Å². The van der Waals surface area contributed by atoms with Gasteiger partial charge in [0.15, 0.2) is 5.60 Å². The van der Waals surface area contributed by atoms with Crippen molar-refractivity contribution in [3.8, 4) is 0 Å². The average molecular weight is 622 g/mol. The van der Waals surface area contributed by atoms with Crippen molar-refractivity contribution in [2.75, 3.05) is 25.1 Å². The number of carbonyl (C=O) groups is 4. The molecule has 42 heavy (non-hydrogen) atoms. The molecule has 0 saturated carbocycles. The van der Waals surface area contributed by atoms with Crippen molar-refractivity contribution >= 4 is 53.0 Å². The number of carbonyl (C=O) groups excluding carboxylic acids is 4. The molecule has 0 bridgehead atoms. The zero-order valence-electron chi connectivity index (χ0n) is 24.5. The van der Waals surface area contributed by atoms with Crippen molar-refractivity contribution < 1.29 is 38.5 Å². The molecule has 0 aromatic heterocycles. The molecule has 0 fully saturated rings. The lowest BCUT2D eigenvalue weighted by Gasteiger charge is -2.28. The van der Waals surface area contributed by atoms with E-state index in [-0.39, 0.29) is 45.5 Å². The molecule has 12 heteroatoms. The molecule has 0 aliphatic carbocycles. The monoisotopic (exact) mass is 620 g/mol. The van der Waals surface area contributed by atoms with E-state index in [4.69, 9.17) is 37.4 Å². The fraction of sp³-hybridized carbons (Fsp3) is 0.400. The summed E-state index contributed by atoms with van der Waals surface area (Å²) < 4.78 is 15.5. The van der Waals surface area contributed by atoms with E-state index in [1.807, 2.05) is 0 Å². The van der Waals surface area contributed by atoms with Gasteiger partial charge in [0.1, 0.15) is 11.2 Å². The van der Waals surface area contributed by atoms with Gasteiger partial charge in [0.05, 0.1) is 29.9 Å². The third kappa shape index (κ3) is 7.06. The van der Waals surface area contributed by atoms with Crippen molar-refractivity contribution in [1.29, 1.82) is 0 Å². The molecule has 2 aromatic rings. The van der Waals surface area contributed by atoms with Crippen molar-refractivity contribution in [1.82, 2.24) is 4.90 Å². The number of imide groups is 1. The molecule has 0 saturated heterocycles. The molecule has 226 valence electrons. The normalized spacial score (nSPS) is 16.8. The Hall–Kier alpha value is -3.60. The van der Waals surface area contributed by atoms with E-state index in [9.17, 15) is 24.3 Å². The molecule has 2 aromatic carbocycles. The summed E-state index contributed by atoms with van der Waals surface area (Å²) in [6.45, 7) is 9.62. The largest absolute Gasteiger partial charge is 0.465 e. The number of methoxy groups -OCH3 is 1. The van der Waals surface area contributed by atoms with Crippen LogP contribution in [-0.4, -0.2) is 65.5 Å². The summed E-state index contributed by atoms with van der Waals surface area (Å²) in [5.74, 6) is -1.46. The highest BCUT2D eigenvalue weighted by Gasteiger charge is 2.53. The second-order valence-corrected chi connectivity index (χ2v) is 12.3. The lowest BCUT2D eigenvalue weighted by molar-refractivity contribution is -0.132. The topological polar surface area (TPSA) is 123 Å². The van der Waals surface area contributed by atoms with Crippen molar-refractivity contribution in [3.63, 3.8) is 0 Å². The van der Waals surface area contributed by atoms with Crippen LogP contribution < -0.4 is 4.90 Å². The Kier molecular flexibility index (Phi) is 9.66. The maximum Gasteiger partial charge on any atom is 0.420 e. The minimum absolute atomic E-state index is 0.0452. The number of hydrogen-bond donors (Lipinski definition) is 1. The third-order valence-electron chi connectivity index (χ3n) is 5.93. The lowest BCUT2D eigenvalue weighted by atomic mass is 9.87. The fourth-order valence-electron chi connectivity index (χ4n) is 4.21. The second-order valence-electron chi connectivity index (χ2n) is 11.5. The van der Waals surface area contributed by atoms with Gasteiger partial charge in [-0.15, -0.1) is 0 Å². The molecule has 1 aliphatic rings. The second kappa shape index (κ2) is 12.3. The fourth-order valence-corrected chi connectivity index (χ4v) is 4.84. The molecule has 3 amide bonds. The van der Waals surface area contributed by atoms with Crippen LogP contribution in [0, 0.1) is 0 Å². The number of amides is 3. The van der Waals surface area contributed by atoms with Crippen LogP contribution in [0.5, 0.6) is 0 Å². The summed E-state index contributed by atoms with van der Waals surface area (Å²) in [4.78, 5) is 53.8. The van der Waals surface area contributed by atoms with Crippen LogP contribution in [0.15, 0.2) is 48.6 Å². The Morgan fingerprint density at radius 3 is 2.05 bits per heavy atom. The highest BCUT2D eigenvalue weighted by molar-refractivity contribution is 6.35. The SMILES string of the molecule is COC(=O)c1cc(Cl)c2c(c1)N(CC=CCN(C(=O)OC(C)(C)C)C(=O)OC(C)(C)C)C(=O)C2(O)c1ccccc1Cl. The number of halogens is 2. The maximum absolute atomic E-state index is 13.8. The number of esters is 1. The molecule has 0 spiro atoms. The number of hydrogen-bond acceptors (Lipinski definition) is 8. The van der Waals surface area contributed by atoms with Crippen LogP contribution in [0.25, 0.3) is 0 Å². The number of ether oxygens (including phenoxy) is 3. The third-order valence-corrected chi connectivity index (χ3v) is 6.56.